The van der Waals surface area contributed by atoms with Gasteiger partial charge in [0.2, 0.25) is 0 Å². The zero-order valence-corrected chi connectivity index (χ0v) is 12.1. The Kier molecular flexibility index (Phi) is 5.12. The van der Waals surface area contributed by atoms with E-state index in [9.17, 15) is 0 Å². The Morgan fingerprint density at radius 3 is 3.00 bits per heavy atom. The van der Waals surface area contributed by atoms with E-state index in [1.54, 1.807) is 0 Å². The minimum Gasteiger partial charge on any atom is -0.362 e. The van der Waals surface area contributed by atoms with Gasteiger partial charge in [-0.15, -0.1) is 0 Å². The summed E-state index contributed by atoms with van der Waals surface area (Å²) in [6.07, 6.45) is 3.49. The smallest absolute Gasteiger partial charge is 0.156 e. The molecule has 0 aliphatic carbocycles. The van der Waals surface area contributed by atoms with Crippen LogP contribution in [0.2, 0.25) is 0 Å². The summed E-state index contributed by atoms with van der Waals surface area (Å²) >= 11 is 1.86. The molecule has 0 amide bonds. The van der Waals surface area contributed by atoms with Gasteiger partial charge in [-0.2, -0.15) is 0 Å². The molecule has 2 nitrogen and oxygen atoms in total. The van der Waals surface area contributed by atoms with Gasteiger partial charge in [0.15, 0.2) is 5.17 Å². The highest BCUT2D eigenvalue weighted by atomic mass is 32.2. The predicted octanol–water partition coefficient (Wildman–Crippen LogP) is 3.40. The van der Waals surface area contributed by atoms with Crippen molar-refractivity contribution < 1.29 is 0 Å². The monoisotopic (exact) mass is 262 g/mol. The average Bonchev–Trinajstić information content (AvgIpc) is 2.41. The fourth-order valence-corrected chi connectivity index (χ4v) is 3.18. The van der Waals surface area contributed by atoms with Crippen LogP contribution in [0, 0.1) is 6.92 Å². The zero-order valence-electron chi connectivity index (χ0n) is 11.3. The lowest BCUT2D eigenvalue weighted by atomic mass is 10.1. The van der Waals surface area contributed by atoms with Gasteiger partial charge in [-0.05, 0) is 37.3 Å². The van der Waals surface area contributed by atoms with Crippen LogP contribution in [0.3, 0.4) is 0 Å². The second kappa shape index (κ2) is 6.83. The van der Waals surface area contributed by atoms with Gasteiger partial charge in [0, 0.05) is 18.3 Å². The summed E-state index contributed by atoms with van der Waals surface area (Å²) in [4.78, 5) is 4.69. The van der Waals surface area contributed by atoms with Gasteiger partial charge >= 0.3 is 0 Å². The summed E-state index contributed by atoms with van der Waals surface area (Å²) in [5, 5.41) is 4.66. The van der Waals surface area contributed by atoms with Gasteiger partial charge in [-0.25, -0.2) is 0 Å². The second-order valence-electron chi connectivity index (χ2n) is 4.75. The summed E-state index contributed by atoms with van der Waals surface area (Å²) in [7, 11) is 0. The van der Waals surface area contributed by atoms with Crippen LogP contribution in [-0.4, -0.2) is 23.5 Å². The van der Waals surface area contributed by atoms with E-state index in [-0.39, 0.29) is 0 Å². The van der Waals surface area contributed by atoms with Crippen LogP contribution in [0.1, 0.15) is 30.9 Å². The molecule has 0 aromatic heterocycles. The van der Waals surface area contributed by atoms with E-state index in [1.165, 1.54) is 29.7 Å². The fourth-order valence-electron chi connectivity index (χ4n) is 2.15. The van der Waals surface area contributed by atoms with Crippen LogP contribution in [0.5, 0.6) is 0 Å². The first kappa shape index (κ1) is 13.5. The van der Waals surface area contributed by atoms with E-state index in [2.05, 4.69) is 48.4 Å². The third kappa shape index (κ3) is 3.77. The first-order valence-corrected chi connectivity index (χ1v) is 7.76. The number of rotatable bonds is 4. The molecular weight excluding hydrogens is 240 g/mol. The van der Waals surface area contributed by atoms with E-state index >= 15 is 0 Å². The van der Waals surface area contributed by atoms with E-state index < -0.39 is 0 Å². The first-order chi connectivity index (χ1) is 8.79. The second-order valence-corrected chi connectivity index (χ2v) is 5.83. The number of benzene rings is 1. The standard InChI is InChI=1S/C15H22N2S/c1-3-14-9-11-18-15(17-14)16-10-8-13-7-5-4-6-12(13)2/h4-7,14H,3,8-11H2,1-2H3,(H,16,17). The Balaban J connectivity index is 1.86. The van der Waals surface area contributed by atoms with Gasteiger partial charge in [-0.3, -0.25) is 4.99 Å². The molecule has 18 heavy (non-hydrogen) atoms. The van der Waals surface area contributed by atoms with Crippen LogP contribution in [0.25, 0.3) is 0 Å². The molecular formula is C15H22N2S. The van der Waals surface area contributed by atoms with Gasteiger partial charge in [0.1, 0.15) is 0 Å². The number of amidine groups is 1. The number of aryl methyl sites for hydroxylation is 1. The van der Waals surface area contributed by atoms with Gasteiger partial charge in [-0.1, -0.05) is 43.0 Å². The Morgan fingerprint density at radius 2 is 2.22 bits per heavy atom. The third-order valence-corrected chi connectivity index (χ3v) is 4.38. The third-order valence-electron chi connectivity index (χ3n) is 3.42. The molecule has 0 saturated carbocycles. The largest absolute Gasteiger partial charge is 0.362 e. The van der Waals surface area contributed by atoms with Crippen LogP contribution < -0.4 is 5.32 Å². The van der Waals surface area contributed by atoms with Crippen molar-refractivity contribution in [1.82, 2.24) is 5.32 Å². The molecule has 0 radical (unpaired) electrons. The van der Waals surface area contributed by atoms with Crippen molar-refractivity contribution >= 4 is 16.9 Å². The number of nitrogens with one attached hydrogen (secondary N) is 1. The topological polar surface area (TPSA) is 24.4 Å². The quantitative estimate of drug-likeness (QED) is 0.899. The van der Waals surface area contributed by atoms with Gasteiger partial charge < -0.3 is 5.32 Å². The Morgan fingerprint density at radius 1 is 1.39 bits per heavy atom. The van der Waals surface area contributed by atoms with Gasteiger partial charge in [0.25, 0.3) is 0 Å². The molecule has 1 fully saturated rings. The highest BCUT2D eigenvalue weighted by molar-refractivity contribution is 8.13. The summed E-state index contributed by atoms with van der Waals surface area (Å²) in [5.41, 5.74) is 2.78. The molecule has 0 bridgehead atoms. The number of hydrogen-bond acceptors (Lipinski definition) is 2. The van der Waals surface area contributed by atoms with Gasteiger partial charge in [0.05, 0.1) is 0 Å². The van der Waals surface area contributed by atoms with E-state index in [4.69, 9.17) is 0 Å². The van der Waals surface area contributed by atoms with E-state index in [0.29, 0.717) is 6.04 Å². The Labute approximate surface area is 114 Å². The molecule has 1 heterocycles. The summed E-state index contributed by atoms with van der Waals surface area (Å²) in [6.45, 7) is 5.29. The SMILES string of the molecule is CCC1CCSC(=NCCc2ccccc2C)N1. The summed E-state index contributed by atoms with van der Waals surface area (Å²) in [5.74, 6) is 1.20. The molecule has 1 aromatic carbocycles. The van der Waals surface area contributed by atoms with Crippen molar-refractivity contribution in [3.05, 3.63) is 35.4 Å². The zero-order chi connectivity index (χ0) is 12.8. The molecule has 1 N–H and O–H groups in total. The van der Waals surface area contributed by atoms with Crippen LogP contribution in [-0.2, 0) is 6.42 Å². The summed E-state index contributed by atoms with van der Waals surface area (Å²) in [6, 6.07) is 9.20. The molecule has 1 aliphatic rings. The molecule has 2 rings (SSSR count). The number of nitrogens with zero attached hydrogens (tertiary/aromatic N) is 1. The van der Waals surface area contributed by atoms with Crippen LogP contribution >= 0.6 is 11.8 Å². The molecule has 1 aliphatic heterocycles. The number of hydrogen-bond donors (Lipinski definition) is 1. The number of aliphatic imine (C=N–C) groups is 1. The Bertz CT molecular complexity index is 415. The predicted molar refractivity (Wildman–Crippen MR) is 81.5 cm³/mol. The summed E-state index contributed by atoms with van der Waals surface area (Å²) < 4.78 is 0. The lowest BCUT2D eigenvalue weighted by Gasteiger charge is -2.24. The lowest BCUT2D eigenvalue weighted by Crippen LogP contribution is -2.37. The van der Waals surface area contributed by atoms with Crippen molar-refractivity contribution in [3.8, 4) is 0 Å². The highest BCUT2D eigenvalue weighted by Crippen LogP contribution is 2.16. The van der Waals surface area contributed by atoms with Crippen molar-refractivity contribution in [1.29, 1.82) is 0 Å². The highest BCUT2D eigenvalue weighted by Gasteiger charge is 2.14. The average molecular weight is 262 g/mol. The fraction of sp³-hybridized carbons (Fsp3) is 0.533. The van der Waals surface area contributed by atoms with Crippen molar-refractivity contribution in [2.45, 2.75) is 39.2 Å². The molecule has 98 valence electrons. The Hall–Kier alpha value is -0.960. The minimum atomic E-state index is 0.628. The van der Waals surface area contributed by atoms with Crippen LogP contribution in [0.15, 0.2) is 29.3 Å². The molecule has 3 heteroatoms. The maximum absolute atomic E-state index is 4.69. The van der Waals surface area contributed by atoms with Crippen LogP contribution in [0.4, 0.5) is 0 Å². The first-order valence-electron chi connectivity index (χ1n) is 6.78. The molecule has 1 unspecified atom stereocenters. The molecule has 1 aromatic rings. The maximum atomic E-state index is 4.69. The van der Waals surface area contributed by atoms with E-state index in [0.717, 1.165) is 18.1 Å². The van der Waals surface area contributed by atoms with Crippen molar-refractivity contribution in [2.75, 3.05) is 12.3 Å². The normalized spacial score (nSPS) is 21.9. The minimum absolute atomic E-state index is 0.628. The van der Waals surface area contributed by atoms with Crippen molar-refractivity contribution in [2.24, 2.45) is 4.99 Å². The molecule has 1 atom stereocenters. The van der Waals surface area contributed by atoms with Crippen molar-refractivity contribution in [3.63, 3.8) is 0 Å². The maximum Gasteiger partial charge on any atom is 0.156 e. The number of thioether (sulfide) groups is 1. The lowest BCUT2D eigenvalue weighted by molar-refractivity contribution is 0.570. The van der Waals surface area contributed by atoms with E-state index in [1.807, 2.05) is 11.8 Å². The molecule has 0 spiro atoms. The molecule has 1 saturated heterocycles.